The maximum atomic E-state index is 12.7. The van der Waals surface area contributed by atoms with Crippen LogP contribution < -0.4 is 5.73 Å². The predicted octanol–water partition coefficient (Wildman–Crippen LogP) is 2.88. The molecule has 2 atom stereocenters. The van der Waals surface area contributed by atoms with Crippen molar-refractivity contribution in [2.75, 3.05) is 13.1 Å². The van der Waals surface area contributed by atoms with Crippen LogP contribution in [0.25, 0.3) is 0 Å². The Morgan fingerprint density at radius 2 is 1.83 bits per heavy atom. The minimum absolute atomic E-state index is 0. The maximum absolute atomic E-state index is 12.7. The highest BCUT2D eigenvalue weighted by atomic mass is 35.5. The summed E-state index contributed by atoms with van der Waals surface area (Å²) in [6.07, 6.45) is -2.87. The van der Waals surface area contributed by atoms with Crippen molar-refractivity contribution in [2.45, 2.75) is 36.9 Å². The summed E-state index contributed by atoms with van der Waals surface area (Å²) in [6, 6.07) is 3.27. The van der Waals surface area contributed by atoms with E-state index < -0.39 is 21.8 Å². The van der Waals surface area contributed by atoms with Gasteiger partial charge in [0.05, 0.1) is 10.5 Å². The van der Waals surface area contributed by atoms with Crippen LogP contribution >= 0.6 is 12.4 Å². The molecule has 2 N–H and O–H groups in total. The van der Waals surface area contributed by atoms with Crippen LogP contribution in [0.2, 0.25) is 0 Å². The van der Waals surface area contributed by atoms with Crippen LogP contribution in [0.15, 0.2) is 29.2 Å². The molecule has 1 heterocycles. The molecule has 1 saturated heterocycles. The quantitative estimate of drug-likeness (QED) is 0.887. The molecule has 0 aliphatic carbocycles. The van der Waals surface area contributed by atoms with Gasteiger partial charge in [-0.25, -0.2) is 8.42 Å². The first-order chi connectivity index (χ1) is 10.2. The van der Waals surface area contributed by atoms with Crippen molar-refractivity contribution in [2.24, 2.45) is 11.7 Å². The Kier molecular flexibility index (Phi) is 6.48. The van der Waals surface area contributed by atoms with Gasteiger partial charge < -0.3 is 5.73 Å². The van der Waals surface area contributed by atoms with Crippen LogP contribution in [0.3, 0.4) is 0 Å². The fraction of sp³-hybridized carbons (Fsp3) is 0.571. The van der Waals surface area contributed by atoms with Gasteiger partial charge in [0, 0.05) is 19.1 Å². The molecule has 0 saturated carbocycles. The average Bonchev–Trinajstić information content (AvgIpc) is 2.46. The van der Waals surface area contributed by atoms with Gasteiger partial charge in [-0.3, -0.25) is 0 Å². The number of hydrogen-bond donors (Lipinski definition) is 1. The molecule has 1 aromatic carbocycles. The number of nitrogens with two attached hydrogens (primary N) is 1. The van der Waals surface area contributed by atoms with Gasteiger partial charge in [-0.1, -0.05) is 6.92 Å². The summed E-state index contributed by atoms with van der Waals surface area (Å²) in [5.41, 5.74) is 4.82. The van der Waals surface area contributed by atoms with Crippen LogP contribution in [0.4, 0.5) is 13.2 Å². The summed E-state index contributed by atoms with van der Waals surface area (Å²) in [6.45, 7) is 2.47. The number of hydrogen-bond acceptors (Lipinski definition) is 3. The van der Waals surface area contributed by atoms with Crippen molar-refractivity contribution in [1.29, 1.82) is 0 Å². The van der Waals surface area contributed by atoms with Gasteiger partial charge in [0.2, 0.25) is 10.0 Å². The second kappa shape index (κ2) is 7.38. The minimum Gasteiger partial charge on any atom is -0.329 e. The molecule has 1 aliphatic rings. The van der Waals surface area contributed by atoms with E-state index in [-0.39, 0.29) is 35.8 Å². The highest BCUT2D eigenvalue weighted by molar-refractivity contribution is 7.89. The van der Waals surface area contributed by atoms with E-state index in [0.717, 1.165) is 37.1 Å². The number of sulfonamides is 1. The molecule has 132 valence electrons. The first-order valence-corrected chi connectivity index (χ1v) is 8.51. The topological polar surface area (TPSA) is 63.4 Å². The summed E-state index contributed by atoms with van der Waals surface area (Å²) >= 11 is 0. The molecule has 0 spiro atoms. The highest BCUT2D eigenvalue weighted by Gasteiger charge is 2.37. The van der Waals surface area contributed by atoms with E-state index in [1.807, 2.05) is 6.92 Å². The molecule has 4 nitrogen and oxygen atoms in total. The van der Waals surface area contributed by atoms with E-state index in [1.54, 1.807) is 0 Å². The lowest BCUT2D eigenvalue weighted by Gasteiger charge is -2.38. The number of alkyl halides is 3. The van der Waals surface area contributed by atoms with Crippen LogP contribution in [0, 0.1) is 5.92 Å². The first kappa shape index (κ1) is 20.2. The fourth-order valence-corrected chi connectivity index (χ4v) is 4.58. The zero-order valence-corrected chi connectivity index (χ0v) is 14.2. The third kappa shape index (κ3) is 4.17. The highest BCUT2D eigenvalue weighted by Crippen LogP contribution is 2.32. The molecule has 1 fully saturated rings. The van der Waals surface area contributed by atoms with Gasteiger partial charge in [0.1, 0.15) is 0 Å². The zero-order chi connectivity index (χ0) is 16.5. The number of nitrogens with zero attached hydrogens (tertiary/aromatic N) is 1. The van der Waals surface area contributed by atoms with E-state index in [0.29, 0.717) is 6.54 Å². The van der Waals surface area contributed by atoms with E-state index in [9.17, 15) is 21.6 Å². The summed E-state index contributed by atoms with van der Waals surface area (Å²) in [5, 5.41) is 0. The lowest BCUT2D eigenvalue weighted by atomic mass is 9.93. The van der Waals surface area contributed by atoms with E-state index in [1.165, 1.54) is 4.31 Å². The van der Waals surface area contributed by atoms with Crippen molar-refractivity contribution in [3.8, 4) is 0 Å². The standard InChI is InChI=1S/C14H19F3N2O2S.ClH/c1-10-3-2-8-19(13(10)9-18)22(20,21)12-6-4-11(5-7-12)14(15,16)17;/h4-7,10,13H,2-3,8-9,18H2,1H3;1H. The first-order valence-electron chi connectivity index (χ1n) is 7.07. The predicted molar refractivity (Wildman–Crippen MR) is 83.8 cm³/mol. The number of piperidine rings is 1. The van der Waals surface area contributed by atoms with Gasteiger partial charge >= 0.3 is 6.18 Å². The Labute approximate surface area is 140 Å². The molecule has 0 amide bonds. The molecule has 0 radical (unpaired) electrons. The monoisotopic (exact) mass is 372 g/mol. The van der Waals surface area contributed by atoms with Crippen molar-refractivity contribution in [3.63, 3.8) is 0 Å². The van der Waals surface area contributed by atoms with Crippen LogP contribution in [0.5, 0.6) is 0 Å². The van der Waals surface area contributed by atoms with Crippen LogP contribution in [-0.4, -0.2) is 31.9 Å². The minimum atomic E-state index is -4.48. The number of rotatable bonds is 3. The zero-order valence-electron chi connectivity index (χ0n) is 12.6. The van der Waals surface area contributed by atoms with E-state index in [2.05, 4.69) is 0 Å². The summed E-state index contributed by atoms with van der Waals surface area (Å²) in [4.78, 5) is -0.131. The Morgan fingerprint density at radius 1 is 1.26 bits per heavy atom. The second-order valence-electron chi connectivity index (χ2n) is 5.56. The second-order valence-corrected chi connectivity index (χ2v) is 7.45. The SMILES string of the molecule is CC1CCCN(S(=O)(=O)c2ccc(C(F)(F)F)cc2)C1CN.Cl. The smallest absolute Gasteiger partial charge is 0.329 e. The van der Waals surface area contributed by atoms with Gasteiger partial charge in [-0.2, -0.15) is 17.5 Å². The molecule has 23 heavy (non-hydrogen) atoms. The van der Waals surface area contributed by atoms with Crippen LogP contribution in [0.1, 0.15) is 25.3 Å². The Morgan fingerprint density at radius 3 is 2.30 bits per heavy atom. The number of halogens is 4. The van der Waals surface area contributed by atoms with Crippen molar-refractivity contribution < 1.29 is 21.6 Å². The van der Waals surface area contributed by atoms with Gasteiger partial charge in [-0.05, 0) is 43.0 Å². The Hall–Kier alpha value is -0.830. The molecule has 0 bridgehead atoms. The Balaban J connectivity index is 0.00000264. The maximum Gasteiger partial charge on any atom is 0.416 e. The largest absolute Gasteiger partial charge is 0.416 e. The van der Waals surface area contributed by atoms with Crippen LogP contribution in [-0.2, 0) is 16.2 Å². The molecule has 2 unspecified atom stereocenters. The van der Waals surface area contributed by atoms with Crippen molar-refractivity contribution in [1.82, 2.24) is 4.31 Å². The van der Waals surface area contributed by atoms with E-state index >= 15 is 0 Å². The fourth-order valence-electron chi connectivity index (χ4n) is 2.81. The molecule has 1 aromatic rings. The van der Waals surface area contributed by atoms with E-state index in [4.69, 9.17) is 5.73 Å². The Bertz CT molecular complexity index is 620. The summed E-state index contributed by atoms with van der Waals surface area (Å²) < 4.78 is 64.3. The summed E-state index contributed by atoms with van der Waals surface area (Å²) in [7, 11) is -3.83. The lowest BCUT2D eigenvalue weighted by molar-refractivity contribution is -0.137. The molecular formula is C14H20ClF3N2O2S. The normalized spacial score (nSPS) is 23.3. The van der Waals surface area contributed by atoms with Gasteiger partial charge in [0.25, 0.3) is 0 Å². The average molecular weight is 373 g/mol. The third-order valence-electron chi connectivity index (χ3n) is 4.09. The van der Waals surface area contributed by atoms with Gasteiger partial charge in [-0.15, -0.1) is 12.4 Å². The molecule has 1 aliphatic heterocycles. The number of benzene rings is 1. The molecule has 9 heteroatoms. The van der Waals surface area contributed by atoms with Crippen molar-refractivity contribution in [3.05, 3.63) is 29.8 Å². The molecular weight excluding hydrogens is 353 g/mol. The lowest BCUT2D eigenvalue weighted by Crippen LogP contribution is -2.51. The van der Waals surface area contributed by atoms with Crippen molar-refractivity contribution >= 4 is 22.4 Å². The molecule has 2 rings (SSSR count). The van der Waals surface area contributed by atoms with Gasteiger partial charge in [0.15, 0.2) is 0 Å². The third-order valence-corrected chi connectivity index (χ3v) is 6.03. The summed E-state index contributed by atoms with van der Waals surface area (Å²) in [5.74, 6) is 0.128. The molecule has 0 aromatic heterocycles.